The first kappa shape index (κ1) is 27.8. The molecule has 1 aliphatic carbocycles. The van der Waals surface area contributed by atoms with Crippen LogP contribution in [0.3, 0.4) is 0 Å². The molecule has 212 valence electrons. The predicted octanol–water partition coefficient (Wildman–Crippen LogP) is 4.98. The smallest absolute Gasteiger partial charge is 0.247 e. The van der Waals surface area contributed by atoms with Crippen molar-refractivity contribution in [3.05, 3.63) is 90.3 Å². The summed E-state index contributed by atoms with van der Waals surface area (Å²) in [4.78, 5) is 29.7. The van der Waals surface area contributed by atoms with Gasteiger partial charge in [0.2, 0.25) is 11.8 Å². The van der Waals surface area contributed by atoms with Crippen LogP contribution in [0.25, 0.3) is 11.0 Å². The zero-order valence-electron chi connectivity index (χ0n) is 23.0. The van der Waals surface area contributed by atoms with Gasteiger partial charge in [0, 0.05) is 18.2 Å². The summed E-state index contributed by atoms with van der Waals surface area (Å²) in [6.45, 7) is -0.247. The molecule has 1 N–H and O–H groups in total. The van der Waals surface area contributed by atoms with Crippen LogP contribution in [0.5, 0.6) is 11.5 Å². The lowest BCUT2D eigenvalue weighted by atomic mass is 9.85. The Bertz CT molecular complexity index is 1570. The highest BCUT2D eigenvalue weighted by Crippen LogP contribution is 2.32. The van der Waals surface area contributed by atoms with Gasteiger partial charge in [-0.25, -0.2) is 9.07 Å². The second kappa shape index (κ2) is 12.6. The number of para-hydroxylation sites is 1. The number of nitrogens with zero attached hydrogens (tertiary/aromatic N) is 4. The molecule has 0 unspecified atom stereocenters. The van der Waals surface area contributed by atoms with Crippen molar-refractivity contribution in [2.45, 2.75) is 38.4 Å². The van der Waals surface area contributed by atoms with E-state index < -0.39 is 11.9 Å². The van der Waals surface area contributed by atoms with Crippen molar-refractivity contribution in [3.63, 3.8) is 0 Å². The maximum absolute atomic E-state index is 14.9. The molecule has 1 aromatic heterocycles. The van der Waals surface area contributed by atoms with E-state index in [1.807, 2.05) is 30.3 Å². The van der Waals surface area contributed by atoms with Crippen LogP contribution in [0, 0.1) is 11.7 Å². The van der Waals surface area contributed by atoms with E-state index in [1.54, 1.807) is 43.5 Å². The van der Waals surface area contributed by atoms with Crippen LogP contribution in [-0.2, 0) is 22.7 Å². The SMILES string of the molecule is COc1ccc(NC(=O)[C@@H]([C@H]2CC=CCC2)N(Cc2ccccc2F)C(=O)Cn2nnc3ccccc32)c(OC)c1. The Balaban J connectivity index is 1.53. The van der Waals surface area contributed by atoms with Gasteiger partial charge in [-0.3, -0.25) is 9.59 Å². The molecule has 0 spiro atoms. The molecule has 10 heteroatoms. The number of aromatic nitrogens is 3. The highest BCUT2D eigenvalue weighted by Gasteiger charge is 2.37. The monoisotopic (exact) mass is 557 g/mol. The lowest BCUT2D eigenvalue weighted by molar-refractivity contribution is -0.142. The highest BCUT2D eigenvalue weighted by molar-refractivity contribution is 5.98. The third-order valence-corrected chi connectivity index (χ3v) is 7.35. The van der Waals surface area contributed by atoms with Crippen molar-refractivity contribution in [2.75, 3.05) is 19.5 Å². The summed E-state index contributed by atoms with van der Waals surface area (Å²) in [5.74, 6) is -0.406. The Morgan fingerprint density at radius 1 is 1.07 bits per heavy atom. The van der Waals surface area contributed by atoms with Gasteiger partial charge in [0.1, 0.15) is 35.4 Å². The van der Waals surface area contributed by atoms with Crippen molar-refractivity contribution >= 4 is 28.5 Å². The Kier molecular flexibility index (Phi) is 8.57. The third kappa shape index (κ3) is 6.21. The predicted molar refractivity (Wildman–Crippen MR) is 153 cm³/mol. The fourth-order valence-corrected chi connectivity index (χ4v) is 5.23. The number of fused-ring (bicyclic) bond motifs is 1. The van der Waals surface area contributed by atoms with Crippen molar-refractivity contribution in [2.24, 2.45) is 5.92 Å². The molecule has 0 saturated carbocycles. The number of ether oxygens (including phenoxy) is 2. The molecule has 2 amide bonds. The molecule has 9 nitrogen and oxygen atoms in total. The van der Waals surface area contributed by atoms with Crippen LogP contribution in [0.2, 0.25) is 0 Å². The molecular weight excluding hydrogens is 525 g/mol. The number of allylic oxidation sites excluding steroid dienone is 2. The zero-order chi connectivity index (χ0) is 28.8. The summed E-state index contributed by atoms with van der Waals surface area (Å²) < 4.78 is 27.2. The topological polar surface area (TPSA) is 98.6 Å². The molecule has 1 aliphatic rings. The molecule has 0 fully saturated rings. The molecular formula is C31H32FN5O4. The van der Waals surface area contributed by atoms with E-state index in [4.69, 9.17) is 9.47 Å². The van der Waals surface area contributed by atoms with Crippen LogP contribution in [0.4, 0.5) is 10.1 Å². The molecule has 41 heavy (non-hydrogen) atoms. The third-order valence-electron chi connectivity index (χ3n) is 7.35. The molecule has 5 rings (SSSR count). The Morgan fingerprint density at radius 3 is 2.63 bits per heavy atom. The second-order valence-corrected chi connectivity index (χ2v) is 9.89. The first-order valence-corrected chi connectivity index (χ1v) is 13.5. The van der Waals surface area contributed by atoms with Gasteiger partial charge < -0.3 is 19.7 Å². The number of hydrogen-bond acceptors (Lipinski definition) is 6. The number of carbonyl (C=O) groups excluding carboxylic acids is 2. The molecule has 0 saturated heterocycles. The van der Waals surface area contributed by atoms with Gasteiger partial charge in [-0.1, -0.05) is 47.7 Å². The number of hydrogen-bond donors (Lipinski definition) is 1. The summed E-state index contributed by atoms with van der Waals surface area (Å²) in [5.41, 5.74) is 2.10. The van der Waals surface area contributed by atoms with Gasteiger partial charge in [-0.15, -0.1) is 5.10 Å². The fraction of sp³-hybridized carbons (Fsp3) is 0.290. The first-order valence-electron chi connectivity index (χ1n) is 13.5. The van der Waals surface area contributed by atoms with Crippen molar-refractivity contribution in [3.8, 4) is 11.5 Å². The van der Waals surface area contributed by atoms with Gasteiger partial charge in [0.25, 0.3) is 0 Å². The van der Waals surface area contributed by atoms with Gasteiger partial charge in [0.05, 0.1) is 25.4 Å². The minimum Gasteiger partial charge on any atom is -0.497 e. The van der Waals surface area contributed by atoms with Crippen molar-refractivity contribution < 1.29 is 23.5 Å². The number of amides is 2. The van der Waals surface area contributed by atoms with E-state index in [0.717, 1.165) is 6.42 Å². The van der Waals surface area contributed by atoms with Crippen molar-refractivity contribution in [1.82, 2.24) is 19.9 Å². The normalized spacial score (nSPS) is 15.3. The number of benzene rings is 3. The van der Waals surface area contributed by atoms with Gasteiger partial charge >= 0.3 is 0 Å². The van der Waals surface area contributed by atoms with Crippen molar-refractivity contribution in [1.29, 1.82) is 0 Å². The second-order valence-electron chi connectivity index (χ2n) is 9.89. The molecule has 4 aromatic rings. The molecule has 1 heterocycles. The minimum atomic E-state index is -0.895. The molecule has 0 aliphatic heterocycles. The first-order chi connectivity index (χ1) is 20.0. The number of rotatable bonds is 10. The Hall–Kier alpha value is -4.73. The fourth-order valence-electron chi connectivity index (χ4n) is 5.23. The summed E-state index contributed by atoms with van der Waals surface area (Å²) in [5, 5.41) is 11.3. The molecule has 3 aromatic carbocycles. The van der Waals surface area contributed by atoms with Crippen LogP contribution in [-0.4, -0.2) is 52.0 Å². The maximum atomic E-state index is 14.9. The standard InChI is InChI=1S/C31H32FN5O4/c1-40-23-16-17-26(28(18-23)41-2)33-31(39)30(21-10-4-3-5-11-21)36(19-22-12-6-7-13-24(22)32)29(38)20-37-27-15-9-8-14-25(27)34-35-37/h3-4,6-9,12-18,21,30H,5,10-11,19-20H2,1-2H3,(H,33,39)/t21-,30+/m0/s1. The number of carbonyl (C=O) groups is 2. The van der Waals surface area contributed by atoms with E-state index in [0.29, 0.717) is 46.6 Å². The highest BCUT2D eigenvalue weighted by atomic mass is 19.1. The minimum absolute atomic E-state index is 0.0871. The number of methoxy groups -OCH3 is 2. The average molecular weight is 558 g/mol. The molecule has 0 bridgehead atoms. The van der Waals surface area contributed by atoms with E-state index in [2.05, 4.69) is 21.7 Å². The van der Waals surface area contributed by atoms with Gasteiger partial charge in [-0.2, -0.15) is 0 Å². The van der Waals surface area contributed by atoms with Gasteiger partial charge in [-0.05, 0) is 55.5 Å². The van der Waals surface area contributed by atoms with Crippen LogP contribution < -0.4 is 14.8 Å². The Morgan fingerprint density at radius 2 is 1.88 bits per heavy atom. The quantitative estimate of drug-likeness (QED) is 0.276. The number of anilines is 1. The van der Waals surface area contributed by atoms with E-state index in [9.17, 15) is 14.0 Å². The Labute approximate surface area is 237 Å². The lowest BCUT2D eigenvalue weighted by Crippen LogP contribution is -2.52. The number of halogens is 1. The van der Waals surface area contributed by atoms with Crippen LogP contribution >= 0.6 is 0 Å². The van der Waals surface area contributed by atoms with E-state index in [-0.39, 0.29) is 30.8 Å². The summed E-state index contributed by atoms with van der Waals surface area (Å²) in [6, 6.07) is 17.8. The molecule has 2 atom stereocenters. The van der Waals surface area contributed by atoms with E-state index >= 15 is 0 Å². The molecule has 0 radical (unpaired) electrons. The summed E-state index contributed by atoms with van der Waals surface area (Å²) in [6.07, 6.45) is 6.17. The lowest BCUT2D eigenvalue weighted by Gasteiger charge is -2.37. The van der Waals surface area contributed by atoms with E-state index in [1.165, 1.54) is 22.8 Å². The summed E-state index contributed by atoms with van der Waals surface area (Å²) in [7, 11) is 3.05. The maximum Gasteiger partial charge on any atom is 0.247 e. The average Bonchev–Trinajstić information content (AvgIpc) is 3.41. The zero-order valence-corrected chi connectivity index (χ0v) is 23.0. The van der Waals surface area contributed by atoms with Crippen LogP contribution in [0.1, 0.15) is 24.8 Å². The van der Waals surface area contributed by atoms with Gasteiger partial charge in [0.15, 0.2) is 0 Å². The summed E-state index contributed by atoms with van der Waals surface area (Å²) >= 11 is 0. The number of nitrogens with one attached hydrogen (secondary N) is 1. The largest absolute Gasteiger partial charge is 0.497 e. The van der Waals surface area contributed by atoms with Crippen LogP contribution in [0.15, 0.2) is 78.9 Å².